The fourth-order valence-corrected chi connectivity index (χ4v) is 3.28. The lowest BCUT2D eigenvalue weighted by Gasteiger charge is -2.19. The van der Waals surface area contributed by atoms with Gasteiger partial charge in [-0.1, -0.05) is 24.3 Å². The molecule has 0 spiro atoms. The van der Waals surface area contributed by atoms with Crippen LogP contribution in [0.4, 0.5) is 0 Å². The van der Waals surface area contributed by atoms with Crippen LogP contribution in [0.25, 0.3) is 0 Å². The van der Waals surface area contributed by atoms with E-state index in [1.165, 1.54) is 5.56 Å². The molecule has 2 aromatic carbocycles. The summed E-state index contributed by atoms with van der Waals surface area (Å²) in [5.41, 5.74) is 2.19. The Bertz CT molecular complexity index is 786. The number of hydrogen-bond acceptors (Lipinski definition) is 5. The number of benzene rings is 2. The van der Waals surface area contributed by atoms with Gasteiger partial charge in [0, 0.05) is 12.1 Å². The smallest absolute Gasteiger partial charge is 0.160 e. The molecule has 28 heavy (non-hydrogen) atoms. The van der Waals surface area contributed by atoms with Crippen LogP contribution in [0.2, 0.25) is 0 Å². The largest absolute Gasteiger partial charge is 0.496 e. The first-order chi connectivity index (χ1) is 13.6. The first-order valence-electron chi connectivity index (χ1n) is 9.54. The fraction of sp³-hybridized carbons (Fsp3) is 0.435. The van der Waals surface area contributed by atoms with Crippen LogP contribution >= 0.6 is 0 Å². The van der Waals surface area contributed by atoms with Crippen LogP contribution in [0.1, 0.15) is 29.9 Å². The van der Waals surface area contributed by atoms with Crippen molar-refractivity contribution in [2.24, 2.45) is 0 Å². The van der Waals surface area contributed by atoms with E-state index in [4.69, 9.17) is 14.2 Å². The number of methoxy groups -OCH3 is 3. The first-order valence-corrected chi connectivity index (χ1v) is 9.54. The molecule has 5 heteroatoms. The van der Waals surface area contributed by atoms with Gasteiger partial charge in [0.2, 0.25) is 0 Å². The molecule has 1 unspecified atom stereocenters. The zero-order valence-electron chi connectivity index (χ0n) is 17.3. The van der Waals surface area contributed by atoms with Crippen LogP contribution in [0.5, 0.6) is 17.2 Å². The number of likely N-dealkylation sites (N-methyl/N-ethyl adjacent to an activating group) is 1. The van der Waals surface area contributed by atoms with Crippen molar-refractivity contribution in [1.29, 1.82) is 5.26 Å². The molecular weight excluding hydrogens is 352 g/mol. The van der Waals surface area contributed by atoms with Gasteiger partial charge < -0.3 is 19.1 Å². The first kappa shape index (κ1) is 21.6. The van der Waals surface area contributed by atoms with Gasteiger partial charge in [-0.3, -0.25) is 0 Å². The SMILES string of the molecule is COc1ccc(CCN(C)CCCC(C#N)c2ccccc2OC)cc1OC. The zero-order chi connectivity index (χ0) is 20.4. The van der Waals surface area contributed by atoms with Gasteiger partial charge in [0.15, 0.2) is 11.5 Å². The van der Waals surface area contributed by atoms with Crippen LogP contribution in [0.3, 0.4) is 0 Å². The normalized spacial score (nSPS) is 11.7. The summed E-state index contributed by atoms with van der Waals surface area (Å²) < 4.78 is 16.1. The van der Waals surface area contributed by atoms with Crippen LogP contribution in [-0.4, -0.2) is 46.4 Å². The molecule has 0 bridgehead atoms. The van der Waals surface area contributed by atoms with E-state index in [0.29, 0.717) is 0 Å². The number of ether oxygens (including phenoxy) is 3. The van der Waals surface area contributed by atoms with Crippen molar-refractivity contribution in [3.63, 3.8) is 0 Å². The Labute approximate surface area is 168 Å². The average molecular weight is 383 g/mol. The Morgan fingerprint density at radius 3 is 2.32 bits per heavy atom. The van der Waals surface area contributed by atoms with Gasteiger partial charge in [-0.05, 0) is 56.6 Å². The molecule has 2 aromatic rings. The second kappa shape index (κ2) is 11.2. The van der Waals surface area contributed by atoms with Gasteiger partial charge in [-0.2, -0.15) is 5.26 Å². The Morgan fingerprint density at radius 2 is 1.64 bits per heavy atom. The van der Waals surface area contributed by atoms with Crippen LogP contribution in [-0.2, 0) is 6.42 Å². The average Bonchev–Trinajstić information content (AvgIpc) is 2.75. The van der Waals surface area contributed by atoms with E-state index >= 15 is 0 Å². The molecule has 0 saturated carbocycles. The predicted molar refractivity (Wildman–Crippen MR) is 111 cm³/mol. The quantitative estimate of drug-likeness (QED) is 0.581. The van der Waals surface area contributed by atoms with E-state index in [1.54, 1.807) is 21.3 Å². The van der Waals surface area contributed by atoms with Crippen LogP contribution < -0.4 is 14.2 Å². The van der Waals surface area contributed by atoms with Crippen molar-refractivity contribution in [2.45, 2.75) is 25.2 Å². The molecule has 0 fully saturated rings. The number of para-hydroxylation sites is 1. The Balaban J connectivity index is 1.82. The minimum absolute atomic E-state index is 0.143. The van der Waals surface area contributed by atoms with Gasteiger partial charge in [0.05, 0.1) is 33.3 Å². The number of nitriles is 1. The van der Waals surface area contributed by atoms with Gasteiger partial charge in [0.25, 0.3) is 0 Å². The molecule has 1 atom stereocenters. The third-order valence-electron chi connectivity index (χ3n) is 4.93. The molecule has 0 saturated heterocycles. The molecule has 0 heterocycles. The highest BCUT2D eigenvalue weighted by Gasteiger charge is 2.15. The summed E-state index contributed by atoms with van der Waals surface area (Å²) in [4.78, 5) is 2.30. The van der Waals surface area contributed by atoms with Crippen molar-refractivity contribution in [1.82, 2.24) is 4.90 Å². The summed E-state index contributed by atoms with van der Waals surface area (Å²) in [5.74, 6) is 2.15. The third kappa shape index (κ3) is 5.90. The van der Waals surface area contributed by atoms with E-state index in [9.17, 15) is 5.26 Å². The number of rotatable bonds is 11. The zero-order valence-corrected chi connectivity index (χ0v) is 17.3. The van der Waals surface area contributed by atoms with Gasteiger partial charge in [-0.15, -0.1) is 0 Å². The van der Waals surface area contributed by atoms with E-state index in [-0.39, 0.29) is 5.92 Å². The van der Waals surface area contributed by atoms with Gasteiger partial charge in [0.1, 0.15) is 5.75 Å². The molecule has 0 amide bonds. The maximum atomic E-state index is 9.57. The lowest BCUT2D eigenvalue weighted by Crippen LogP contribution is -2.22. The summed E-state index contributed by atoms with van der Waals surface area (Å²) >= 11 is 0. The van der Waals surface area contributed by atoms with E-state index in [0.717, 1.165) is 55.2 Å². The molecule has 0 aliphatic carbocycles. The molecule has 150 valence electrons. The molecule has 2 rings (SSSR count). The minimum Gasteiger partial charge on any atom is -0.496 e. The Kier molecular flexibility index (Phi) is 8.64. The standard InChI is InChI=1S/C23H30N2O3/c1-25(15-13-18-11-12-22(27-3)23(16-18)28-4)14-7-8-19(17-24)20-9-5-6-10-21(20)26-2/h5-6,9-12,16,19H,7-8,13-15H2,1-4H3. The highest BCUT2D eigenvalue weighted by atomic mass is 16.5. The summed E-state index contributed by atoms with van der Waals surface area (Å²) in [7, 11) is 7.06. The minimum atomic E-state index is -0.143. The van der Waals surface area contributed by atoms with E-state index in [2.05, 4.69) is 24.1 Å². The third-order valence-corrected chi connectivity index (χ3v) is 4.93. The second-order valence-corrected chi connectivity index (χ2v) is 6.81. The predicted octanol–water partition coefficient (Wildman–Crippen LogP) is 4.27. The second-order valence-electron chi connectivity index (χ2n) is 6.81. The monoisotopic (exact) mass is 382 g/mol. The molecule has 0 N–H and O–H groups in total. The lowest BCUT2D eigenvalue weighted by molar-refractivity contribution is 0.326. The number of hydrogen-bond donors (Lipinski definition) is 0. The molecule has 0 aliphatic rings. The molecular formula is C23H30N2O3. The van der Waals surface area contributed by atoms with Crippen molar-refractivity contribution >= 4 is 0 Å². The molecule has 0 aliphatic heterocycles. The lowest BCUT2D eigenvalue weighted by atomic mass is 9.94. The molecule has 0 aromatic heterocycles. The maximum absolute atomic E-state index is 9.57. The van der Waals surface area contributed by atoms with E-state index in [1.807, 2.05) is 36.4 Å². The Morgan fingerprint density at radius 1 is 0.929 bits per heavy atom. The summed E-state index contributed by atoms with van der Waals surface area (Å²) in [6, 6.07) is 16.2. The van der Waals surface area contributed by atoms with Crippen molar-refractivity contribution < 1.29 is 14.2 Å². The fourth-order valence-electron chi connectivity index (χ4n) is 3.28. The van der Waals surface area contributed by atoms with Crippen molar-refractivity contribution in [3.8, 4) is 23.3 Å². The maximum Gasteiger partial charge on any atom is 0.160 e. The summed E-state index contributed by atoms with van der Waals surface area (Å²) in [5, 5.41) is 9.57. The molecule has 0 radical (unpaired) electrons. The van der Waals surface area contributed by atoms with Crippen molar-refractivity contribution in [2.75, 3.05) is 41.5 Å². The van der Waals surface area contributed by atoms with Gasteiger partial charge >= 0.3 is 0 Å². The van der Waals surface area contributed by atoms with Crippen LogP contribution in [0.15, 0.2) is 42.5 Å². The Hall–Kier alpha value is -2.71. The highest BCUT2D eigenvalue weighted by molar-refractivity contribution is 5.43. The highest BCUT2D eigenvalue weighted by Crippen LogP contribution is 2.29. The van der Waals surface area contributed by atoms with Crippen molar-refractivity contribution in [3.05, 3.63) is 53.6 Å². The summed E-state index contributed by atoms with van der Waals surface area (Å²) in [6.45, 7) is 1.89. The van der Waals surface area contributed by atoms with E-state index < -0.39 is 0 Å². The van der Waals surface area contributed by atoms with Crippen LogP contribution in [0, 0.1) is 11.3 Å². The topological polar surface area (TPSA) is 54.7 Å². The summed E-state index contributed by atoms with van der Waals surface area (Å²) in [6.07, 6.45) is 2.71. The molecule has 5 nitrogen and oxygen atoms in total. The van der Waals surface area contributed by atoms with Gasteiger partial charge in [-0.25, -0.2) is 0 Å². The number of nitrogens with zero attached hydrogens (tertiary/aromatic N) is 2.